The summed E-state index contributed by atoms with van der Waals surface area (Å²) in [5.41, 5.74) is -1.48. The number of hydrogen-bond donors (Lipinski definition) is 2. The Kier molecular flexibility index (Phi) is 12.9. The van der Waals surface area contributed by atoms with Crippen molar-refractivity contribution in [1.29, 1.82) is 0 Å². The zero-order valence-electron chi connectivity index (χ0n) is 31.6. The molecule has 0 unspecified atom stereocenters. The van der Waals surface area contributed by atoms with Crippen LogP contribution in [0, 0.1) is 17.5 Å². The summed E-state index contributed by atoms with van der Waals surface area (Å²) >= 11 is 6.78. The first kappa shape index (κ1) is 42.5. The van der Waals surface area contributed by atoms with Gasteiger partial charge in [0.15, 0.2) is 17.5 Å². The van der Waals surface area contributed by atoms with E-state index in [2.05, 4.69) is 25.7 Å². The molecular weight excluding hydrogens is 764 g/mol. The first-order valence-electron chi connectivity index (χ1n) is 17.3. The number of carbonyl (C=O) groups excluding carboxylic acids is 2. The molecule has 3 aromatic carbocycles. The zero-order chi connectivity index (χ0) is 40.5. The molecule has 14 nitrogen and oxygen atoms in total. The molecule has 3 aromatic heterocycles. The molecule has 57 heavy (non-hydrogen) atoms. The minimum atomic E-state index is -1.71. The Balaban J connectivity index is 0.00000620. The predicted octanol–water partition coefficient (Wildman–Crippen LogP) is 2.18. The van der Waals surface area contributed by atoms with Crippen LogP contribution in [-0.4, -0.2) is 46.5 Å². The molecule has 0 radical (unpaired) electrons. The number of hydrogen-bond acceptors (Lipinski definition) is 10. The van der Waals surface area contributed by atoms with Gasteiger partial charge in [0.2, 0.25) is 5.95 Å². The fraction of sp³-hybridized carbons (Fsp3) is 0.289. The second kappa shape index (κ2) is 17.2. The van der Waals surface area contributed by atoms with Crippen molar-refractivity contribution in [3.8, 4) is 5.69 Å². The van der Waals surface area contributed by atoms with E-state index in [1.807, 2.05) is 0 Å². The number of pyridine rings is 1. The molecule has 0 aliphatic rings. The van der Waals surface area contributed by atoms with Gasteiger partial charge in [-0.05, 0) is 75.8 Å². The van der Waals surface area contributed by atoms with Crippen LogP contribution in [0.5, 0.6) is 0 Å². The van der Waals surface area contributed by atoms with Crippen LogP contribution in [0.3, 0.4) is 0 Å². The Labute approximate surface area is 339 Å². The Morgan fingerprint density at radius 1 is 1.04 bits per heavy atom. The van der Waals surface area contributed by atoms with Crippen LogP contribution in [0.15, 0.2) is 64.6 Å². The standard InChI is InChI=1S/C38H36ClF3N8O6.Li/c1-38(2,3)56-36(54)44-16-23-24-19-48(4)47-28(24)14-25(39)33(23)45-34-46-35(53)50(37(55)49(34)18-20-12-26(40)32(42)27(41)13-20)29-17-43-15-22-10-7-9-21(31(22)29)8-5-6-11-30(51)52;/h7,9-10,12-15,17,19H,5-6,8,11,16,18H2,1-4H3,(H,44,54)(H,51,52)(H,45,46,53);/q;+1/p-1. The third-order valence-electron chi connectivity index (χ3n) is 8.65. The van der Waals surface area contributed by atoms with Gasteiger partial charge in [0.25, 0.3) is 0 Å². The molecule has 0 aliphatic heterocycles. The van der Waals surface area contributed by atoms with E-state index in [0.717, 1.165) is 9.13 Å². The van der Waals surface area contributed by atoms with Gasteiger partial charge >= 0.3 is 36.3 Å². The van der Waals surface area contributed by atoms with E-state index in [4.69, 9.17) is 16.3 Å². The number of nitrogens with zero attached hydrogens (tertiary/aromatic N) is 6. The number of carboxylic acids is 1. The average molecular weight is 799 g/mol. The van der Waals surface area contributed by atoms with Crippen LogP contribution >= 0.6 is 11.6 Å². The average Bonchev–Trinajstić information content (AvgIpc) is 3.48. The van der Waals surface area contributed by atoms with E-state index in [1.54, 1.807) is 52.2 Å². The van der Waals surface area contributed by atoms with Crippen molar-refractivity contribution in [2.45, 2.75) is 65.1 Å². The van der Waals surface area contributed by atoms with Crippen molar-refractivity contribution in [3.05, 3.63) is 115 Å². The number of halogens is 4. The second-order valence-electron chi connectivity index (χ2n) is 14.0. The number of nitrogens with one attached hydrogen (secondary N) is 2. The summed E-state index contributed by atoms with van der Waals surface area (Å²) < 4.78 is 51.6. The van der Waals surface area contributed by atoms with Gasteiger partial charge < -0.3 is 25.3 Å². The van der Waals surface area contributed by atoms with Crippen molar-refractivity contribution in [3.63, 3.8) is 0 Å². The number of aromatic nitrogens is 6. The zero-order valence-corrected chi connectivity index (χ0v) is 32.3. The van der Waals surface area contributed by atoms with E-state index in [9.17, 15) is 37.5 Å². The quantitative estimate of drug-likeness (QED) is 0.106. The molecule has 19 heteroatoms. The molecular formula is C38H35ClF3LiN8O6. The Hall–Kier alpha value is -5.63. The minimum absolute atomic E-state index is 0. The maximum atomic E-state index is 14.6. The van der Waals surface area contributed by atoms with E-state index in [0.29, 0.717) is 64.2 Å². The van der Waals surface area contributed by atoms with Crippen LogP contribution in [0.4, 0.5) is 29.6 Å². The fourth-order valence-corrected chi connectivity index (χ4v) is 6.56. The van der Waals surface area contributed by atoms with Gasteiger partial charge in [-0.3, -0.25) is 14.2 Å². The van der Waals surface area contributed by atoms with Crippen LogP contribution in [-0.2, 0) is 36.1 Å². The molecule has 0 spiro atoms. The van der Waals surface area contributed by atoms with Crippen LogP contribution in [0.2, 0.25) is 5.02 Å². The van der Waals surface area contributed by atoms with Gasteiger partial charge in [0, 0.05) is 53.7 Å². The van der Waals surface area contributed by atoms with Gasteiger partial charge in [-0.25, -0.2) is 32.1 Å². The van der Waals surface area contributed by atoms with Gasteiger partial charge in [-0.2, -0.15) is 10.1 Å². The number of fused-ring (bicyclic) bond motifs is 2. The first-order chi connectivity index (χ1) is 26.5. The Morgan fingerprint density at radius 3 is 2.44 bits per heavy atom. The van der Waals surface area contributed by atoms with Crippen LogP contribution < -0.4 is 46.0 Å². The molecule has 2 N–H and O–H groups in total. The van der Waals surface area contributed by atoms with Gasteiger partial charge in [0.1, 0.15) is 5.60 Å². The summed E-state index contributed by atoms with van der Waals surface area (Å²) in [5, 5.41) is 22.6. The first-order valence-corrected chi connectivity index (χ1v) is 17.7. The molecule has 0 bridgehead atoms. The van der Waals surface area contributed by atoms with Crippen molar-refractivity contribution in [2.75, 3.05) is 5.32 Å². The van der Waals surface area contributed by atoms with Crippen molar-refractivity contribution in [1.82, 2.24) is 34.2 Å². The minimum Gasteiger partial charge on any atom is -0.550 e. The molecule has 1 amide bonds. The molecule has 3 heterocycles. The smallest absolute Gasteiger partial charge is 0.550 e. The molecule has 292 valence electrons. The summed E-state index contributed by atoms with van der Waals surface area (Å²) in [4.78, 5) is 60.8. The Bertz CT molecular complexity index is 2620. The molecule has 0 saturated heterocycles. The summed E-state index contributed by atoms with van der Waals surface area (Å²) in [5.74, 6) is -6.33. The van der Waals surface area contributed by atoms with Gasteiger partial charge in [0.05, 0.1) is 34.7 Å². The number of rotatable bonds is 12. The monoisotopic (exact) mass is 798 g/mol. The molecule has 6 aromatic rings. The second-order valence-corrected chi connectivity index (χ2v) is 14.4. The third-order valence-corrected chi connectivity index (χ3v) is 8.95. The molecule has 0 fully saturated rings. The molecule has 0 atom stereocenters. The number of aliphatic carboxylic acids is 1. The fourth-order valence-electron chi connectivity index (χ4n) is 6.30. The number of amides is 1. The van der Waals surface area contributed by atoms with Crippen molar-refractivity contribution < 1.29 is 51.5 Å². The summed E-state index contributed by atoms with van der Waals surface area (Å²) in [6.07, 6.45) is 4.73. The van der Waals surface area contributed by atoms with E-state index < -0.39 is 59.0 Å². The number of carboxylic acid groups (broad SMARTS) is 1. The SMILES string of the molecule is Cn1cc2c(CNC(=O)OC(C)(C)C)c(Nc3nc(=O)n(-c4cncc5cccc(CCCCC(=O)[O-])c45)c(=O)n3Cc3cc(F)c(F)c(F)c3)c(Cl)cc2n1.[Li+]. The van der Waals surface area contributed by atoms with E-state index in [-0.39, 0.29) is 53.8 Å². The van der Waals surface area contributed by atoms with Gasteiger partial charge in [-0.15, -0.1) is 0 Å². The topological polar surface area (TPSA) is 178 Å². The normalized spacial score (nSPS) is 11.4. The molecule has 6 rings (SSSR count). The number of unbranched alkanes of at least 4 members (excludes halogenated alkanes) is 1. The van der Waals surface area contributed by atoms with E-state index in [1.165, 1.54) is 23.1 Å². The van der Waals surface area contributed by atoms with Crippen molar-refractivity contribution in [2.24, 2.45) is 7.05 Å². The largest absolute Gasteiger partial charge is 1.00 e. The summed E-state index contributed by atoms with van der Waals surface area (Å²) in [6, 6.07) is 8.17. The maximum absolute atomic E-state index is 14.6. The number of anilines is 2. The third kappa shape index (κ3) is 9.50. The number of aryl methyl sites for hydroxylation is 2. The molecule has 0 saturated carbocycles. The number of carbonyl (C=O) groups is 2. The van der Waals surface area contributed by atoms with Crippen LogP contribution in [0.1, 0.15) is 56.7 Å². The molecule has 0 aliphatic carbocycles. The summed E-state index contributed by atoms with van der Waals surface area (Å²) in [6.45, 7) is 4.29. The number of ether oxygens (including phenoxy) is 1. The number of benzene rings is 3. The predicted molar refractivity (Wildman–Crippen MR) is 199 cm³/mol. The van der Waals surface area contributed by atoms with Crippen LogP contribution in [0.25, 0.3) is 27.4 Å². The maximum Gasteiger partial charge on any atom is 1.00 e. The summed E-state index contributed by atoms with van der Waals surface area (Å²) in [7, 11) is 1.67. The van der Waals surface area contributed by atoms with E-state index >= 15 is 0 Å². The van der Waals surface area contributed by atoms with Crippen molar-refractivity contribution >= 4 is 57.0 Å². The van der Waals surface area contributed by atoms with Gasteiger partial charge in [-0.1, -0.05) is 29.8 Å². The Morgan fingerprint density at radius 2 is 1.75 bits per heavy atom. The number of alkyl carbamates (subject to hydrolysis) is 1.